The lowest BCUT2D eigenvalue weighted by molar-refractivity contribution is -0.143. The molecule has 0 heterocycles. The second-order valence-corrected chi connectivity index (χ2v) is 17.5. The number of rotatable bonds is 47. The summed E-state index contributed by atoms with van der Waals surface area (Å²) in [5, 5.41) is 23.1. The van der Waals surface area contributed by atoms with Crippen LogP contribution in [0.3, 0.4) is 0 Å². The molecule has 6 nitrogen and oxygen atoms in total. The van der Waals surface area contributed by atoms with E-state index in [0.29, 0.717) is 25.9 Å². The maximum Gasteiger partial charge on any atom is 0.305 e. The molecule has 0 radical (unpaired) electrons. The fraction of sp³-hybridized carbons (Fsp3) is 0.885. The van der Waals surface area contributed by atoms with E-state index in [-0.39, 0.29) is 18.5 Å². The Labute approximate surface area is 361 Å². The maximum atomic E-state index is 12.4. The highest BCUT2D eigenvalue weighted by molar-refractivity contribution is 5.76. The molecule has 58 heavy (non-hydrogen) atoms. The van der Waals surface area contributed by atoms with Crippen molar-refractivity contribution in [2.45, 2.75) is 283 Å². The van der Waals surface area contributed by atoms with Crippen LogP contribution in [0.1, 0.15) is 271 Å². The average molecular weight is 818 g/mol. The number of allylic oxidation sites excluding steroid dienone is 4. The van der Waals surface area contributed by atoms with Crippen molar-refractivity contribution in [3.63, 3.8) is 0 Å². The molecule has 6 heteroatoms. The van der Waals surface area contributed by atoms with E-state index in [2.05, 4.69) is 43.5 Å². The summed E-state index contributed by atoms with van der Waals surface area (Å²) in [5.41, 5.74) is 0. The first-order valence-electron chi connectivity index (χ1n) is 25.6. The molecule has 0 aromatic heterocycles. The van der Waals surface area contributed by atoms with Crippen molar-refractivity contribution in [2.75, 3.05) is 13.2 Å². The summed E-state index contributed by atoms with van der Waals surface area (Å²) < 4.78 is 5.44. The summed E-state index contributed by atoms with van der Waals surface area (Å²) in [7, 11) is 0. The Morgan fingerprint density at radius 3 is 1.28 bits per heavy atom. The van der Waals surface area contributed by atoms with Crippen LogP contribution in [0.5, 0.6) is 0 Å². The summed E-state index contributed by atoms with van der Waals surface area (Å²) in [6, 6.07) is -0.544. The van der Waals surface area contributed by atoms with Crippen molar-refractivity contribution in [3.05, 3.63) is 24.3 Å². The van der Waals surface area contributed by atoms with Crippen molar-refractivity contribution in [3.8, 4) is 0 Å². The summed E-state index contributed by atoms with van der Waals surface area (Å²) in [6.45, 7) is 4.88. The molecule has 0 saturated heterocycles. The van der Waals surface area contributed by atoms with Crippen LogP contribution < -0.4 is 5.32 Å². The highest BCUT2D eigenvalue weighted by Gasteiger charge is 2.20. The Morgan fingerprint density at radius 2 is 0.828 bits per heavy atom. The van der Waals surface area contributed by atoms with Gasteiger partial charge in [0.1, 0.15) is 0 Å². The van der Waals surface area contributed by atoms with Crippen LogP contribution in [-0.2, 0) is 14.3 Å². The Morgan fingerprint density at radius 1 is 0.466 bits per heavy atom. The largest absolute Gasteiger partial charge is 0.466 e. The highest BCUT2D eigenvalue weighted by Crippen LogP contribution is 2.16. The zero-order chi connectivity index (χ0) is 42.3. The molecular formula is C52H99NO5. The number of amides is 1. The lowest BCUT2D eigenvalue weighted by Crippen LogP contribution is -2.45. The lowest BCUT2D eigenvalue weighted by Gasteiger charge is -2.22. The number of aliphatic hydroxyl groups excluding tert-OH is 2. The Bertz CT molecular complexity index is 904. The minimum Gasteiger partial charge on any atom is -0.466 e. The molecule has 0 fully saturated rings. The van der Waals surface area contributed by atoms with E-state index in [1.807, 2.05) is 0 Å². The van der Waals surface area contributed by atoms with E-state index < -0.39 is 12.1 Å². The number of ether oxygens (including phenoxy) is 1. The molecule has 3 N–H and O–H groups in total. The molecule has 0 aromatic carbocycles. The van der Waals surface area contributed by atoms with E-state index in [1.54, 1.807) is 0 Å². The van der Waals surface area contributed by atoms with Gasteiger partial charge in [0.05, 0.1) is 25.4 Å². The predicted octanol–water partition coefficient (Wildman–Crippen LogP) is 15.1. The zero-order valence-corrected chi connectivity index (χ0v) is 38.8. The lowest BCUT2D eigenvalue weighted by atomic mass is 10.0. The molecule has 2 atom stereocenters. The number of nitrogens with one attached hydrogen (secondary N) is 1. The smallest absolute Gasteiger partial charge is 0.305 e. The molecule has 1 amide bonds. The van der Waals surface area contributed by atoms with Crippen LogP contribution >= 0.6 is 0 Å². The predicted molar refractivity (Wildman–Crippen MR) is 250 cm³/mol. The van der Waals surface area contributed by atoms with E-state index >= 15 is 0 Å². The minimum atomic E-state index is -0.666. The van der Waals surface area contributed by atoms with Crippen LogP contribution in [0.4, 0.5) is 0 Å². The molecule has 0 rings (SSSR count). The molecule has 342 valence electrons. The molecule has 0 spiro atoms. The van der Waals surface area contributed by atoms with Gasteiger partial charge in [0.15, 0.2) is 0 Å². The third kappa shape index (κ3) is 43.9. The van der Waals surface area contributed by atoms with Crippen LogP contribution in [0.2, 0.25) is 0 Å². The monoisotopic (exact) mass is 818 g/mol. The zero-order valence-electron chi connectivity index (χ0n) is 38.8. The van der Waals surface area contributed by atoms with Crippen molar-refractivity contribution in [2.24, 2.45) is 0 Å². The summed E-state index contributed by atoms with van der Waals surface area (Å²) in [6.07, 6.45) is 55.9. The summed E-state index contributed by atoms with van der Waals surface area (Å²) in [4.78, 5) is 24.3. The van der Waals surface area contributed by atoms with Crippen molar-refractivity contribution in [1.29, 1.82) is 0 Å². The SMILES string of the molecule is CCCC/C=C\CCCCCCCC(=O)OCCCCCCCCCCCC/C=C\CCCCCCCCCC(=O)NC(CO)C(O)CCCCCCCCCCC. The van der Waals surface area contributed by atoms with E-state index in [1.165, 1.54) is 193 Å². The third-order valence-corrected chi connectivity index (χ3v) is 11.7. The van der Waals surface area contributed by atoms with Gasteiger partial charge in [0.2, 0.25) is 5.91 Å². The molecule has 0 aliphatic carbocycles. The number of hydrogen-bond donors (Lipinski definition) is 3. The van der Waals surface area contributed by atoms with Crippen molar-refractivity contribution >= 4 is 11.9 Å². The minimum absolute atomic E-state index is 0.00346. The van der Waals surface area contributed by atoms with E-state index in [0.717, 1.165) is 44.9 Å². The Balaban J connectivity index is 3.41. The van der Waals surface area contributed by atoms with Crippen molar-refractivity contribution < 1.29 is 24.5 Å². The van der Waals surface area contributed by atoms with Gasteiger partial charge in [-0.3, -0.25) is 9.59 Å². The Kier molecular flexibility index (Phi) is 46.6. The molecule has 0 aliphatic heterocycles. The summed E-state index contributed by atoms with van der Waals surface area (Å²) in [5.74, 6) is -0.0492. The van der Waals surface area contributed by atoms with Crippen LogP contribution in [-0.4, -0.2) is 47.4 Å². The fourth-order valence-electron chi connectivity index (χ4n) is 7.73. The van der Waals surface area contributed by atoms with Gasteiger partial charge < -0.3 is 20.3 Å². The molecule has 0 aromatic rings. The first-order valence-corrected chi connectivity index (χ1v) is 25.6. The Hall–Kier alpha value is -1.66. The highest BCUT2D eigenvalue weighted by atomic mass is 16.5. The normalized spacial score (nSPS) is 12.8. The molecular weight excluding hydrogens is 719 g/mol. The van der Waals surface area contributed by atoms with Gasteiger partial charge in [-0.1, -0.05) is 212 Å². The number of esters is 1. The maximum absolute atomic E-state index is 12.4. The average Bonchev–Trinajstić information content (AvgIpc) is 3.22. The molecule has 0 aliphatic rings. The summed E-state index contributed by atoms with van der Waals surface area (Å²) >= 11 is 0. The number of aliphatic hydroxyl groups is 2. The molecule has 2 unspecified atom stereocenters. The van der Waals surface area contributed by atoms with Gasteiger partial charge in [-0.05, 0) is 70.6 Å². The van der Waals surface area contributed by atoms with Gasteiger partial charge >= 0.3 is 5.97 Å². The second-order valence-electron chi connectivity index (χ2n) is 17.5. The number of carbonyl (C=O) groups is 2. The molecule has 0 bridgehead atoms. The number of carbonyl (C=O) groups excluding carboxylic acids is 2. The first-order chi connectivity index (χ1) is 28.5. The van der Waals surface area contributed by atoms with E-state index in [9.17, 15) is 19.8 Å². The van der Waals surface area contributed by atoms with Gasteiger partial charge in [-0.2, -0.15) is 0 Å². The van der Waals surface area contributed by atoms with Crippen LogP contribution in [0, 0.1) is 0 Å². The molecule has 0 saturated carbocycles. The van der Waals surface area contributed by atoms with E-state index in [4.69, 9.17) is 4.74 Å². The van der Waals surface area contributed by atoms with Gasteiger partial charge in [0.25, 0.3) is 0 Å². The number of unbranched alkanes of at least 4 members (excludes halogenated alkanes) is 32. The third-order valence-electron chi connectivity index (χ3n) is 11.7. The quantitative estimate of drug-likeness (QED) is 0.0323. The van der Waals surface area contributed by atoms with Gasteiger partial charge in [0, 0.05) is 12.8 Å². The second kappa shape index (κ2) is 48.0. The van der Waals surface area contributed by atoms with Gasteiger partial charge in [-0.15, -0.1) is 0 Å². The van der Waals surface area contributed by atoms with Crippen LogP contribution in [0.25, 0.3) is 0 Å². The first kappa shape index (κ1) is 56.3. The van der Waals surface area contributed by atoms with Crippen LogP contribution in [0.15, 0.2) is 24.3 Å². The number of hydrogen-bond acceptors (Lipinski definition) is 5. The fourth-order valence-corrected chi connectivity index (χ4v) is 7.73. The topological polar surface area (TPSA) is 95.9 Å². The standard InChI is InChI=1S/C52H99NO5/c1-3-5-7-9-11-13-25-30-34-38-42-46-52(57)58-47-43-39-35-31-27-24-22-20-18-16-14-15-17-19-21-23-26-29-33-37-41-45-51(56)53-49(48-54)50(55)44-40-36-32-28-12-10-8-6-4-2/h9,11,15,17,49-50,54-55H,3-8,10,12-14,16,18-48H2,1-2H3,(H,53,56)/b11-9-,17-15-. The van der Waals surface area contributed by atoms with Gasteiger partial charge in [-0.25, -0.2) is 0 Å². The van der Waals surface area contributed by atoms with Crippen molar-refractivity contribution in [1.82, 2.24) is 5.32 Å².